The summed E-state index contributed by atoms with van der Waals surface area (Å²) in [6.45, 7) is 3.89. The van der Waals surface area contributed by atoms with Crippen molar-refractivity contribution in [2.75, 3.05) is 14.2 Å². The third-order valence-electron chi connectivity index (χ3n) is 3.29. The van der Waals surface area contributed by atoms with Gasteiger partial charge in [0.2, 0.25) is 0 Å². The molecule has 128 valence electrons. The highest BCUT2D eigenvalue weighted by Gasteiger charge is 2.09. The minimum atomic E-state index is -0.260. The van der Waals surface area contributed by atoms with E-state index in [9.17, 15) is 4.79 Å². The number of nitrogens with zero attached hydrogens (tertiary/aromatic N) is 3. The van der Waals surface area contributed by atoms with Crippen molar-refractivity contribution in [3.05, 3.63) is 39.6 Å². The number of amides is 1. The molecule has 0 aliphatic rings. The highest BCUT2D eigenvalue weighted by atomic mass is 79.9. The zero-order valence-corrected chi connectivity index (χ0v) is 15.5. The number of ether oxygens (including phenoxy) is 2. The van der Waals surface area contributed by atoms with Crippen molar-refractivity contribution < 1.29 is 14.3 Å². The third kappa shape index (κ3) is 4.35. The molecule has 0 atom stereocenters. The second kappa shape index (κ2) is 7.96. The largest absolute Gasteiger partial charge is 0.496 e. The summed E-state index contributed by atoms with van der Waals surface area (Å²) in [7, 11) is 3.13. The maximum Gasteiger partial charge on any atom is 0.261 e. The normalized spacial score (nSPS) is 10.9. The van der Waals surface area contributed by atoms with Crippen LogP contribution in [-0.4, -0.2) is 36.1 Å². The monoisotopic (exact) mass is 394 g/mol. The van der Waals surface area contributed by atoms with Crippen molar-refractivity contribution in [2.24, 2.45) is 5.10 Å². The van der Waals surface area contributed by atoms with Crippen molar-refractivity contribution in [1.29, 1.82) is 0 Å². The quantitative estimate of drug-likeness (QED) is 0.602. The number of hydrogen-bond acceptors (Lipinski definition) is 5. The number of rotatable bonds is 6. The van der Waals surface area contributed by atoms with E-state index in [1.165, 1.54) is 6.21 Å². The second-order valence-electron chi connectivity index (χ2n) is 5.11. The zero-order chi connectivity index (χ0) is 17.7. The van der Waals surface area contributed by atoms with Crippen LogP contribution in [0.25, 0.3) is 0 Å². The molecule has 2 rings (SSSR count). The lowest BCUT2D eigenvalue weighted by molar-refractivity contribution is -0.121. The van der Waals surface area contributed by atoms with Crippen LogP contribution in [0, 0.1) is 13.8 Å². The smallest absolute Gasteiger partial charge is 0.261 e. The number of benzene rings is 1. The van der Waals surface area contributed by atoms with Gasteiger partial charge in [-0.1, -0.05) is 0 Å². The lowest BCUT2D eigenvalue weighted by Gasteiger charge is -2.09. The molecule has 0 aliphatic heterocycles. The van der Waals surface area contributed by atoms with Crippen molar-refractivity contribution in [3.8, 4) is 11.5 Å². The summed E-state index contributed by atoms with van der Waals surface area (Å²) in [6, 6.07) is 5.45. The van der Waals surface area contributed by atoms with Gasteiger partial charge >= 0.3 is 0 Å². The standard InChI is InChI=1S/C16H19BrN4O3/c1-10-5-11(2)21(20-10)9-16(22)19-18-8-12-6-13(17)15(24-4)7-14(12)23-3/h5-8H,9H2,1-4H3,(H,19,22)/b18-8+. The van der Waals surface area contributed by atoms with Crippen LogP contribution in [0.4, 0.5) is 0 Å². The van der Waals surface area contributed by atoms with Gasteiger partial charge in [-0.2, -0.15) is 10.2 Å². The second-order valence-corrected chi connectivity index (χ2v) is 5.96. The topological polar surface area (TPSA) is 77.7 Å². The third-order valence-corrected chi connectivity index (χ3v) is 3.91. The van der Waals surface area contributed by atoms with Crippen molar-refractivity contribution in [1.82, 2.24) is 15.2 Å². The molecule has 0 spiro atoms. The molecular weight excluding hydrogens is 376 g/mol. The number of aryl methyl sites for hydroxylation is 2. The number of methoxy groups -OCH3 is 2. The Kier molecular flexibility index (Phi) is 5.97. The van der Waals surface area contributed by atoms with Gasteiger partial charge in [0.1, 0.15) is 18.0 Å². The molecule has 1 amide bonds. The Morgan fingerprint density at radius 2 is 2.00 bits per heavy atom. The van der Waals surface area contributed by atoms with Gasteiger partial charge < -0.3 is 9.47 Å². The lowest BCUT2D eigenvalue weighted by atomic mass is 10.2. The van der Waals surface area contributed by atoms with Crippen LogP contribution in [0.15, 0.2) is 27.8 Å². The number of carbonyl (C=O) groups excluding carboxylic acids is 1. The summed E-state index contributed by atoms with van der Waals surface area (Å²) in [4.78, 5) is 11.9. The molecule has 7 nitrogen and oxygen atoms in total. The first-order valence-corrected chi connectivity index (χ1v) is 7.98. The van der Waals surface area contributed by atoms with Gasteiger partial charge in [-0.3, -0.25) is 9.48 Å². The summed E-state index contributed by atoms with van der Waals surface area (Å²) in [5.41, 5.74) is 4.98. The minimum absolute atomic E-state index is 0.112. The van der Waals surface area contributed by atoms with E-state index in [1.54, 1.807) is 31.0 Å². The number of nitrogens with one attached hydrogen (secondary N) is 1. The van der Waals surface area contributed by atoms with Crippen LogP contribution in [0.5, 0.6) is 11.5 Å². The summed E-state index contributed by atoms with van der Waals surface area (Å²) in [5, 5.41) is 8.21. The van der Waals surface area contributed by atoms with E-state index in [2.05, 4.69) is 31.6 Å². The Hall–Kier alpha value is -2.35. The van der Waals surface area contributed by atoms with E-state index in [0.717, 1.165) is 15.9 Å². The van der Waals surface area contributed by atoms with Crippen LogP contribution in [0.2, 0.25) is 0 Å². The molecule has 0 bridgehead atoms. The maximum atomic E-state index is 11.9. The molecule has 0 unspecified atom stereocenters. The Balaban J connectivity index is 2.04. The molecule has 0 saturated heterocycles. The minimum Gasteiger partial charge on any atom is -0.496 e. The van der Waals surface area contributed by atoms with Crippen molar-refractivity contribution in [3.63, 3.8) is 0 Å². The Labute approximate surface area is 148 Å². The molecule has 0 aliphatic carbocycles. The number of hydrogen-bond donors (Lipinski definition) is 1. The predicted octanol–water partition coefficient (Wildman–Crippen LogP) is 2.43. The average molecular weight is 395 g/mol. The van der Waals surface area contributed by atoms with Gasteiger partial charge in [0.25, 0.3) is 5.91 Å². The van der Waals surface area contributed by atoms with Gasteiger partial charge in [-0.15, -0.1) is 0 Å². The number of aromatic nitrogens is 2. The zero-order valence-electron chi connectivity index (χ0n) is 14.0. The van der Waals surface area contributed by atoms with E-state index >= 15 is 0 Å². The van der Waals surface area contributed by atoms with Gasteiger partial charge in [-0.25, -0.2) is 5.43 Å². The van der Waals surface area contributed by atoms with E-state index in [1.807, 2.05) is 19.9 Å². The molecule has 2 aromatic rings. The van der Waals surface area contributed by atoms with Crippen LogP contribution in [0.1, 0.15) is 17.0 Å². The molecule has 1 heterocycles. The summed E-state index contributed by atoms with van der Waals surface area (Å²) in [5.74, 6) is 0.980. The molecule has 1 aromatic carbocycles. The van der Waals surface area contributed by atoms with Crippen LogP contribution < -0.4 is 14.9 Å². The van der Waals surface area contributed by atoms with E-state index in [-0.39, 0.29) is 12.5 Å². The molecule has 1 N–H and O–H groups in total. The van der Waals surface area contributed by atoms with Crippen molar-refractivity contribution in [2.45, 2.75) is 20.4 Å². The van der Waals surface area contributed by atoms with E-state index in [0.29, 0.717) is 17.1 Å². The maximum absolute atomic E-state index is 11.9. The first-order chi connectivity index (χ1) is 11.4. The van der Waals surface area contributed by atoms with E-state index in [4.69, 9.17) is 9.47 Å². The highest BCUT2D eigenvalue weighted by Crippen LogP contribution is 2.31. The van der Waals surface area contributed by atoms with Crippen LogP contribution >= 0.6 is 15.9 Å². The molecule has 0 saturated carbocycles. The molecule has 1 aromatic heterocycles. The summed E-state index contributed by atoms with van der Waals surface area (Å²) in [6.07, 6.45) is 1.52. The Morgan fingerprint density at radius 1 is 1.29 bits per heavy atom. The fraction of sp³-hybridized carbons (Fsp3) is 0.312. The van der Waals surface area contributed by atoms with Crippen molar-refractivity contribution >= 4 is 28.1 Å². The SMILES string of the molecule is COc1cc(OC)c(/C=N/NC(=O)Cn2nc(C)cc2C)cc1Br. The van der Waals surface area contributed by atoms with Crippen LogP contribution in [-0.2, 0) is 11.3 Å². The average Bonchev–Trinajstić information content (AvgIpc) is 2.85. The molecule has 24 heavy (non-hydrogen) atoms. The summed E-state index contributed by atoms with van der Waals surface area (Å²) < 4.78 is 12.9. The molecular formula is C16H19BrN4O3. The Morgan fingerprint density at radius 3 is 2.58 bits per heavy atom. The number of hydrazone groups is 1. The predicted molar refractivity (Wildman–Crippen MR) is 94.7 cm³/mol. The van der Waals surface area contributed by atoms with Gasteiger partial charge in [-0.05, 0) is 41.9 Å². The Bertz CT molecular complexity index is 771. The lowest BCUT2D eigenvalue weighted by Crippen LogP contribution is -2.24. The number of carbonyl (C=O) groups is 1. The highest BCUT2D eigenvalue weighted by molar-refractivity contribution is 9.10. The fourth-order valence-electron chi connectivity index (χ4n) is 2.16. The van der Waals surface area contributed by atoms with Crippen LogP contribution in [0.3, 0.4) is 0 Å². The number of halogens is 1. The summed E-state index contributed by atoms with van der Waals surface area (Å²) >= 11 is 3.40. The molecule has 8 heteroatoms. The first kappa shape index (κ1) is 18.0. The first-order valence-electron chi connectivity index (χ1n) is 7.19. The molecule has 0 fully saturated rings. The van der Waals surface area contributed by atoms with Gasteiger partial charge in [0, 0.05) is 17.3 Å². The fourth-order valence-corrected chi connectivity index (χ4v) is 2.69. The molecule has 0 radical (unpaired) electrons. The van der Waals surface area contributed by atoms with Gasteiger partial charge in [0.15, 0.2) is 0 Å². The van der Waals surface area contributed by atoms with E-state index < -0.39 is 0 Å². The van der Waals surface area contributed by atoms with Gasteiger partial charge in [0.05, 0.1) is 30.6 Å².